The summed E-state index contributed by atoms with van der Waals surface area (Å²) < 4.78 is 0. The maximum absolute atomic E-state index is 12.4. The first kappa shape index (κ1) is 50.5. The fourth-order valence-corrected chi connectivity index (χ4v) is 6.69. The lowest BCUT2D eigenvalue weighted by atomic mass is 10.00. The van der Waals surface area contributed by atoms with Crippen LogP contribution in [-0.2, 0) is 4.79 Å². The van der Waals surface area contributed by atoms with E-state index in [-0.39, 0.29) is 0 Å². The molecule has 0 radical (unpaired) electrons. The van der Waals surface area contributed by atoms with Gasteiger partial charge in [-0.2, -0.15) is 0 Å². The highest BCUT2D eigenvalue weighted by Crippen LogP contribution is 2.15. The third-order valence-corrected chi connectivity index (χ3v) is 10.3. The Balaban J connectivity index is 3.70. The number of hydrogen-bond acceptors (Lipinski definition) is 5. The molecule has 4 unspecified atom stereocenters. The molecule has 1 amide bonds. The molecule has 0 aliphatic rings. The van der Waals surface area contributed by atoms with Crippen LogP contribution < -0.4 is 5.32 Å². The van der Waals surface area contributed by atoms with Crippen LogP contribution in [0, 0.1) is 0 Å². The van der Waals surface area contributed by atoms with Crippen LogP contribution in [0.5, 0.6) is 0 Å². The molecule has 0 aliphatic carbocycles. The van der Waals surface area contributed by atoms with Gasteiger partial charge in [-0.15, -0.1) is 0 Å². The van der Waals surface area contributed by atoms with Gasteiger partial charge in [0.05, 0.1) is 18.8 Å². The summed E-state index contributed by atoms with van der Waals surface area (Å²) >= 11 is 0. The normalized spacial score (nSPS) is 14.5. The molecule has 0 rings (SSSR count). The summed E-state index contributed by atoms with van der Waals surface area (Å²) in [6.07, 6.45) is 47.8. The van der Waals surface area contributed by atoms with Gasteiger partial charge in [0, 0.05) is 0 Å². The molecule has 306 valence electrons. The van der Waals surface area contributed by atoms with Crippen molar-refractivity contribution in [1.82, 2.24) is 5.32 Å². The summed E-state index contributed by atoms with van der Waals surface area (Å²) in [4.78, 5) is 12.4. The van der Waals surface area contributed by atoms with E-state index >= 15 is 0 Å². The highest BCUT2D eigenvalue weighted by Gasteiger charge is 2.28. The molecule has 0 fully saturated rings. The molecule has 0 aliphatic heterocycles. The minimum absolute atomic E-state index is 0.337. The lowest BCUT2D eigenvalue weighted by Gasteiger charge is -2.27. The van der Waals surface area contributed by atoms with Crippen molar-refractivity contribution >= 4 is 5.91 Å². The molecule has 5 N–H and O–H groups in total. The van der Waals surface area contributed by atoms with E-state index in [0.717, 1.165) is 51.4 Å². The number of unbranched alkanes of at least 4 members (excludes halogenated alkanes) is 25. The second-order valence-electron chi connectivity index (χ2n) is 15.4. The van der Waals surface area contributed by atoms with Crippen LogP contribution in [0.2, 0.25) is 0 Å². The number of aliphatic hydroxyl groups excluding tert-OH is 4. The van der Waals surface area contributed by atoms with Crippen LogP contribution in [0.15, 0.2) is 36.5 Å². The molecule has 52 heavy (non-hydrogen) atoms. The number of aliphatic hydroxyl groups is 4. The third-order valence-electron chi connectivity index (χ3n) is 10.3. The highest BCUT2D eigenvalue weighted by atomic mass is 16.3. The third kappa shape index (κ3) is 34.3. The Bertz CT molecular complexity index is 828. The van der Waals surface area contributed by atoms with E-state index in [1.165, 1.54) is 135 Å². The number of carbonyl (C=O) groups is 1. The number of hydrogen-bond donors (Lipinski definition) is 5. The van der Waals surface area contributed by atoms with Gasteiger partial charge in [0.15, 0.2) is 0 Å². The van der Waals surface area contributed by atoms with Crippen LogP contribution in [-0.4, -0.2) is 57.3 Å². The van der Waals surface area contributed by atoms with Crippen molar-refractivity contribution in [3.05, 3.63) is 36.5 Å². The van der Waals surface area contributed by atoms with Crippen molar-refractivity contribution in [3.63, 3.8) is 0 Å². The fraction of sp³-hybridized carbons (Fsp3) is 0.848. The lowest BCUT2D eigenvalue weighted by molar-refractivity contribution is -0.132. The minimum atomic E-state index is -1.29. The zero-order valence-electron chi connectivity index (χ0n) is 34.3. The second kappa shape index (κ2) is 40.7. The van der Waals surface area contributed by atoms with E-state index in [1.54, 1.807) is 0 Å². The first-order valence-electron chi connectivity index (χ1n) is 22.4. The molecule has 0 aromatic heterocycles. The molecule has 0 heterocycles. The van der Waals surface area contributed by atoms with Gasteiger partial charge >= 0.3 is 0 Å². The first-order valence-corrected chi connectivity index (χ1v) is 22.4. The molecule has 4 atom stereocenters. The predicted molar refractivity (Wildman–Crippen MR) is 224 cm³/mol. The molecule has 0 saturated heterocycles. The summed E-state index contributed by atoms with van der Waals surface area (Å²) in [7, 11) is 0. The number of carbonyl (C=O) groups excluding carboxylic acids is 1. The quantitative estimate of drug-likeness (QED) is 0.0318. The van der Waals surface area contributed by atoms with E-state index in [0.29, 0.717) is 19.3 Å². The highest BCUT2D eigenvalue weighted by molar-refractivity contribution is 5.80. The molecule has 0 saturated carbocycles. The average molecular weight is 734 g/mol. The van der Waals surface area contributed by atoms with Gasteiger partial charge < -0.3 is 25.7 Å². The summed E-state index contributed by atoms with van der Waals surface area (Å²) in [5.41, 5.74) is 0. The van der Waals surface area contributed by atoms with Crippen LogP contribution >= 0.6 is 0 Å². The zero-order valence-corrected chi connectivity index (χ0v) is 34.3. The number of amides is 1. The SMILES string of the molecule is CCCC/C=C\CCCCCC(O)C(=O)NC(CO)C(O)C(O)CCC/C=C/CC/C=C/CCCCCCCCCCCCCCCCCCCC. The van der Waals surface area contributed by atoms with E-state index in [4.69, 9.17) is 0 Å². The van der Waals surface area contributed by atoms with Gasteiger partial charge in [-0.25, -0.2) is 0 Å². The average Bonchev–Trinajstić information content (AvgIpc) is 3.15. The first-order chi connectivity index (χ1) is 25.5. The van der Waals surface area contributed by atoms with Gasteiger partial charge in [-0.1, -0.05) is 185 Å². The maximum Gasteiger partial charge on any atom is 0.249 e. The van der Waals surface area contributed by atoms with E-state index in [2.05, 4.69) is 55.6 Å². The van der Waals surface area contributed by atoms with E-state index < -0.39 is 36.9 Å². The zero-order chi connectivity index (χ0) is 38.2. The van der Waals surface area contributed by atoms with Crippen molar-refractivity contribution in [2.75, 3.05) is 6.61 Å². The Kier molecular flexibility index (Phi) is 39.6. The maximum atomic E-state index is 12.4. The van der Waals surface area contributed by atoms with Crippen molar-refractivity contribution in [1.29, 1.82) is 0 Å². The smallest absolute Gasteiger partial charge is 0.249 e. The summed E-state index contributed by atoms with van der Waals surface area (Å²) in [6.45, 7) is 3.97. The van der Waals surface area contributed by atoms with Crippen molar-refractivity contribution in [2.24, 2.45) is 0 Å². The van der Waals surface area contributed by atoms with Crippen LogP contribution in [0.1, 0.15) is 219 Å². The predicted octanol–water partition coefficient (Wildman–Crippen LogP) is 11.7. The van der Waals surface area contributed by atoms with Crippen LogP contribution in [0.3, 0.4) is 0 Å². The Morgan fingerprint density at radius 2 is 0.827 bits per heavy atom. The summed E-state index contributed by atoms with van der Waals surface area (Å²) in [5.74, 6) is -0.614. The van der Waals surface area contributed by atoms with Crippen LogP contribution in [0.25, 0.3) is 0 Å². The Morgan fingerprint density at radius 3 is 1.27 bits per heavy atom. The van der Waals surface area contributed by atoms with E-state index in [1.807, 2.05) is 0 Å². The standard InChI is InChI=1S/C46H87NO5/c1-3-5-7-9-11-13-14-15-16-17-18-19-20-21-22-23-24-25-26-27-28-29-30-32-33-35-37-39-43(49)45(51)42(41-48)47-46(52)44(50)40-38-36-34-31-12-10-8-6-4-2/h10,12,27-28,32-33,42-45,48-51H,3-9,11,13-26,29-31,34-41H2,1-2H3,(H,47,52)/b12-10-,28-27+,33-32+. The van der Waals surface area contributed by atoms with Gasteiger partial charge in [-0.05, 0) is 70.6 Å². The van der Waals surface area contributed by atoms with Gasteiger partial charge in [0.25, 0.3) is 0 Å². The molecule has 0 aromatic rings. The van der Waals surface area contributed by atoms with Crippen molar-refractivity contribution in [2.45, 2.75) is 244 Å². The Labute approximate surface area is 322 Å². The largest absolute Gasteiger partial charge is 0.394 e. The van der Waals surface area contributed by atoms with Gasteiger partial charge in [0.1, 0.15) is 12.2 Å². The van der Waals surface area contributed by atoms with Gasteiger partial charge in [-0.3, -0.25) is 4.79 Å². The number of nitrogens with one attached hydrogen (secondary N) is 1. The molecule has 0 aromatic carbocycles. The molecule has 6 heteroatoms. The summed E-state index contributed by atoms with van der Waals surface area (Å²) in [5, 5.41) is 43.4. The van der Waals surface area contributed by atoms with Crippen LogP contribution in [0.4, 0.5) is 0 Å². The van der Waals surface area contributed by atoms with Gasteiger partial charge in [0.2, 0.25) is 5.91 Å². The Morgan fingerprint density at radius 1 is 0.462 bits per heavy atom. The van der Waals surface area contributed by atoms with Crippen molar-refractivity contribution < 1.29 is 25.2 Å². The number of rotatable bonds is 40. The summed E-state index contributed by atoms with van der Waals surface area (Å²) in [6, 6.07) is -1.01. The lowest BCUT2D eigenvalue weighted by Crippen LogP contribution is -2.53. The second-order valence-corrected chi connectivity index (χ2v) is 15.4. The topological polar surface area (TPSA) is 110 Å². The fourth-order valence-electron chi connectivity index (χ4n) is 6.69. The molecular formula is C46H87NO5. The Hall–Kier alpha value is -1.47. The molecule has 0 spiro atoms. The monoisotopic (exact) mass is 734 g/mol. The number of allylic oxidation sites excluding steroid dienone is 6. The molecule has 0 bridgehead atoms. The van der Waals surface area contributed by atoms with E-state index in [9.17, 15) is 25.2 Å². The van der Waals surface area contributed by atoms with Crippen molar-refractivity contribution in [3.8, 4) is 0 Å². The molecule has 6 nitrogen and oxygen atoms in total. The molecular weight excluding hydrogens is 647 g/mol. The minimum Gasteiger partial charge on any atom is -0.394 e.